The minimum atomic E-state index is 0.123. The Morgan fingerprint density at radius 1 is 1.08 bits per heavy atom. The van der Waals surface area contributed by atoms with E-state index in [1.165, 1.54) is 11.8 Å². The van der Waals surface area contributed by atoms with E-state index in [2.05, 4.69) is 21.7 Å². The highest BCUT2D eigenvalue weighted by Crippen LogP contribution is 2.25. The summed E-state index contributed by atoms with van der Waals surface area (Å²) in [6.45, 7) is 6.80. The van der Waals surface area contributed by atoms with Gasteiger partial charge in [-0.25, -0.2) is 0 Å². The number of hydrogen-bond acceptors (Lipinski definition) is 4. The van der Waals surface area contributed by atoms with Crippen molar-refractivity contribution in [2.45, 2.75) is 32.5 Å². The van der Waals surface area contributed by atoms with Crippen LogP contribution in [0.4, 0.5) is 0 Å². The van der Waals surface area contributed by atoms with Crippen molar-refractivity contribution in [3.05, 3.63) is 65.2 Å². The first kappa shape index (κ1) is 17.4. The van der Waals surface area contributed by atoms with Gasteiger partial charge in [-0.05, 0) is 32.4 Å². The number of aryl methyl sites for hydroxylation is 2. The number of benzene rings is 2. The van der Waals surface area contributed by atoms with Crippen molar-refractivity contribution >= 4 is 17.5 Å². The van der Waals surface area contributed by atoms with Crippen LogP contribution in [0, 0.1) is 13.8 Å². The van der Waals surface area contributed by atoms with Gasteiger partial charge < -0.3 is 4.57 Å². The van der Waals surface area contributed by atoms with E-state index >= 15 is 0 Å². The van der Waals surface area contributed by atoms with Gasteiger partial charge in [0.2, 0.25) is 0 Å². The van der Waals surface area contributed by atoms with Crippen molar-refractivity contribution in [1.29, 1.82) is 0 Å². The molecule has 0 amide bonds. The van der Waals surface area contributed by atoms with Gasteiger partial charge in [-0.1, -0.05) is 59.8 Å². The molecular formula is C20H21N3OS. The molecule has 4 nitrogen and oxygen atoms in total. The maximum atomic E-state index is 12.6. The Kier molecular flexibility index (Phi) is 5.34. The number of Topliss-reactive ketones (excluding diaryl/α,β-unsaturated/α-hetero) is 1. The van der Waals surface area contributed by atoms with E-state index in [0.717, 1.165) is 39.8 Å². The molecule has 25 heavy (non-hydrogen) atoms. The highest BCUT2D eigenvalue weighted by Gasteiger charge is 2.16. The molecule has 1 heterocycles. The van der Waals surface area contributed by atoms with Crippen LogP contribution in [0.15, 0.2) is 53.7 Å². The van der Waals surface area contributed by atoms with Gasteiger partial charge in [-0.15, -0.1) is 10.2 Å². The van der Waals surface area contributed by atoms with Gasteiger partial charge in [0.25, 0.3) is 0 Å². The summed E-state index contributed by atoms with van der Waals surface area (Å²) in [6, 6.07) is 16.0. The molecule has 0 bridgehead atoms. The highest BCUT2D eigenvalue weighted by atomic mass is 32.2. The number of nitrogens with zero attached hydrogens (tertiary/aromatic N) is 3. The van der Waals surface area contributed by atoms with E-state index in [4.69, 9.17) is 0 Å². The predicted octanol–water partition coefficient (Wildman–Crippen LogP) is 4.56. The number of hydrogen-bond donors (Lipinski definition) is 0. The second-order valence-electron chi connectivity index (χ2n) is 5.95. The van der Waals surface area contributed by atoms with E-state index in [1.54, 1.807) is 0 Å². The van der Waals surface area contributed by atoms with Gasteiger partial charge in [-0.3, -0.25) is 4.79 Å². The summed E-state index contributed by atoms with van der Waals surface area (Å²) in [6.07, 6.45) is 0. The molecule has 0 aliphatic heterocycles. The molecular weight excluding hydrogens is 330 g/mol. The van der Waals surface area contributed by atoms with Crippen molar-refractivity contribution < 1.29 is 4.79 Å². The van der Waals surface area contributed by atoms with E-state index < -0.39 is 0 Å². The van der Waals surface area contributed by atoms with E-state index in [9.17, 15) is 4.79 Å². The van der Waals surface area contributed by atoms with Gasteiger partial charge in [0, 0.05) is 17.7 Å². The van der Waals surface area contributed by atoms with Crippen molar-refractivity contribution in [2.24, 2.45) is 0 Å². The highest BCUT2D eigenvalue weighted by molar-refractivity contribution is 7.99. The van der Waals surface area contributed by atoms with E-state index in [0.29, 0.717) is 5.75 Å². The Morgan fingerprint density at radius 3 is 2.56 bits per heavy atom. The smallest absolute Gasteiger partial charge is 0.191 e. The zero-order chi connectivity index (χ0) is 17.8. The lowest BCUT2D eigenvalue weighted by Crippen LogP contribution is -2.07. The monoisotopic (exact) mass is 351 g/mol. The van der Waals surface area contributed by atoms with Crippen LogP contribution in [0.25, 0.3) is 11.4 Å². The average Bonchev–Trinajstić information content (AvgIpc) is 3.05. The molecule has 0 saturated heterocycles. The van der Waals surface area contributed by atoms with Crippen LogP contribution < -0.4 is 0 Å². The topological polar surface area (TPSA) is 47.8 Å². The largest absolute Gasteiger partial charge is 0.302 e. The molecule has 3 rings (SSSR count). The maximum absolute atomic E-state index is 12.6. The standard InChI is InChI=1S/C20H21N3OS/c1-4-23-19(16-8-6-5-7-9-16)21-22-20(23)25-13-18(24)17-12-14(2)10-11-15(17)3/h5-12H,4,13H2,1-3H3. The number of ketones is 1. The summed E-state index contributed by atoms with van der Waals surface area (Å²) in [4.78, 5) is 12.6. The number of carbonyl (C=O) groups excluding carboxylic acids is 1. The fourth-order valence-electron chi connectivity index (χ4n) is 2.73. The number of aromatic nitrogens is 3. The van der Waals surface area contributed by atoms with Crippen LogP contribution in [-0.4, -0.2) is 26.3 Å². The van der Waals surface area contributed by atoms with Crippen LogP contribution in [0.2, 0.25) is 0 Å². The molecule has 3 aromatic rings. The van der Waals surface area contributed by atoms with Crippen LogP contribution >= 0.6 is 11.8 Å². The molecule has 2 aromatic carbocycles. The number of thioether (sulfide) groups is 1. The number of carbonyl (C=O) groups is 1. The minimum absolute atomic E-state index is 0.123. The van der Waals surface area contributed by atoms with Crippen molar-refractivity contribution in [1.82, 2.24) is 14.8 Å². The Bertz CT molecular complexity index is 887. The van der Waals surface area contributed by atoms with Crippen molar-refractivity contribution in [2.75, 3.05) is 5.75 Å². The third kappa shape index (κ3) is 3.82. The first-order valence-corrected chi connectivity index (χ1v) is 9.30. The third-order valence-corrected chi connectivity index (χ3v) is 5.06. The minimum Gasteiger partial charge on any atom is -0.302 e. The van der Waals surface area contributed by atoms with Crippen LogP contribution in [0.3, 0.4) is 0 Å². The lowest BCUT2D eigenvalue weighted by Gasteiger charge is -2.08. The third-order valence-electron chi connectivity index (χ3n) is 4.09. The molecule has 1 aromatic heterocycles. The quantitative estimate of drug-likeness (QED) is 0.482. The van der Waals surface area contributed by atoms with Gasteiger partial charge in [0.15, 0.2) is 16.8 Å². The first-order chi connectivity index (χ1) is 12.1. The zero-order valence-electron chi connectivity index (χ0n) is 14.7. The van der Waals surface area contributed by atoms with Crippen molar-refractivity contribution in [3.8, 4) is 11.4 Å². The number of rotatable bonds is 6. The molecule has 0 aliphatic carbocycles. The lowest BCUT2D eigenvalue weighted by molar-refractivity contribution is 0.102. The SMILES string of the molecule is CCn1c(SCC(=O)c2cc(C)ccc2C)nnc1-c1ccccc1. The fraction of sp³-hybridized carbons (Fsp3) is 0.250. The molecule has 0 unspecified atom stereocenters. The van der Waals surface area contributed by atoms with Gasteiger partial charge in [0.05, 0.1) is 5.75 Å². The molecule has 0 aliphatic rings. The predicted molar refractivity (Wildman–Crippen MR) is 102 cm³/mol. The molecule has 0 N–H and O–H groups in total. The summed E-state index contributed by atoms with van der Waals surface area (Å²) < 4.78 is 2.05. The summed E-state index contributed by atoms with van der Waals surface area (Å²) in [7, 11) is 0. The Balaban J connectivity index is 1.79. The van der Waals surface area contributed by atoms with Crippen LogP contribution in [-0.2, 0) is 6.54 Å². The van der Waals surface area contributed by atoms with Crippen LogP contribution in [0.5, 0.6) is 0 Å². The second kappa shape index (κ2) is 7.66. The summed E-state index contributed by atoms with van der Waals surface area (Å²) in [5, 5.41) is 9.39. The summed E-state index contributed by atoms with van der Waals surface area (Å²) in [5.74, 6) is 1.32. The van der Waals surface area contributed by atoms with E-state index in [1.807, 2.05) is 62.4 Å². The summed E-state index contributed by atoms with van der Waals surface area (Å²) >= 11 is 1.44. The lowest BCUT2D eigenvalue weighted by atomic mass is 10.0. The van der Waals surface area contributed by atoms with E-state index in [-0.39, 0.29) is 5.78 Å². The Labute approximate surface area is 152 Å². The molecule has 5 heteroatoms. The maximum Gasteiger partial charge on any atom is 0.191 e. The van der Waals surface area contributed by atoms with Gasteiger partial charge in [-0.2, -0.15) is 0 Å². The normalized spacial score (nSPS) is 10.8. The Hall–Kier alpha value is -2.40. The first-order valence-electron chi connectivity index (χ1n) is 8.32. The van der Waals surface area contributed by atoms with Crippen molar-refractivity contribution in [3.63, 3.8) is 0 Å². The zero-order valence-corrected chi connectivity index (χ0v) is 15.5. The van der Waals surface area contributed by atoms with Gasteiger partial charge >= 0.3 is 0 Å². The molecule has 0 fully saturated rings. The molecule has 0 spiro atoms. The van der Waals surface area contributed by atoms with Crippen LogP contribution in [0.1, 0.15) is 28.4 Å². The molecule has 128 valence electrons. The average molecular weight is 351 g/mol. The van der Waals surface area contributed by atoms with Gasteiger partial charge in [0.1, 0.15) is 0 Å². The molecule has 0 saturated carbocycles. The molecule has 0 atom stereocenters. The summed E-state index contributed by atoms with van der Waals surface area (Å²) in [5.41, 5.74) is 3.93. The molecule has 0 radical (unpaired) electrons. The second-order valence-corrected chi connectivity index (χ2v) is 6.89. The fourth-order valence-corrected chi connectivity index (χ4v) is 3.61. The Morgan fingerprint density at radius 2 is 1.84 bits per heavy atom.